The van der Waals surface area contributed by atoms with Crippen LogP contribution in [-0.2, 0) is 0 Å². The van der Waals surface area contributed by atoms with Crippen LogP contribution in [0.2, 0.25) is 0 Å². The summed E-state index contributed by atoms with van der Waals surface area (Å²) in [6, 6.07) is 4.27. The van der Waals surface area contributed by atoms with Gasteiger partial charge in [-0.3, -0.25) is 0 Å². The van der Waals surface area contributed by atoms with Gasteiger partial charge in [0, 0.05) is 4.88 Å². The molecule has 0 radical (unpaired) electrons. The number of aromatic amines is 1. The average molecular weight is 249 g/mol. The Kier molecular flexibility index (Phi) is 3.97. The van der Waals surface area contributed by atoms with Crippen molar-refractivity contribution >= 4 is 11.3 Å². The summed E-state index contributed by atoms with van der Waals surface area (Å²) in [5.41, 5.74) is 7.16. The molecule has 2 aromatic rings. The third-order valence-corrected chi connectivity index (χ3v) is 3.86. The second kappa shape index (κ2) is 5.47. The summed E-state index contributed by atoms with van der Waals surface area (Å²) in [4.78, 5) is 10.2. The van der Waals surface area contributed by atoms with Crippen molar-refractivity contribution in [3.8, 4) is 10.6 Å². The number of nitrogens with one attached hydrogen (secondary N) is 1. The largest absolute Gasteiger partial charge is 0.340 e. The maximum Gasteiger partial charge on any atom is 0.123 e. The van der Waals surface area contributed by atoms with Crippen LogP contribution in [-0.4, -0.2) is 9.97 Å². The van der Waals surface area contributed by atoms with Crippen LogP contribution >= 0.6 is 11.3 Å². The van der Waals surface area contributed by atoms with Gasteiger partial charge in [0.2, 0.25) is 0 Å². The average Bonchev–Trinajstić information content (AvgIpc) is 2.93. The first kappa shape index (κ1) is 12.3. The molecule has 0 saturated heterocycles. The van der Waals surface area contributed by atoms with Crippen molar-refractivity contribution in [3.05, 3.63) is 29.0 Å². The highest BCUT2D eigenvalue weighted by Crippen LogP contribution is 2.27. The van der Waals surface area contributed by atoms with E-state index >= 15 is 0 Å². The minimum atomic E-state index is 0.0322. The third-order valence-electron chi connectivity index (χ3n) is 2.82. The van der Waals surface area contributed by atoms with E-state index in [1.165, 1.54) is 16.2 Å². The Labute approximate surface area is 106 Å². The molecular formula is C13H19N3S. The van der Waals surface area contributed by atoms with E-state index in [2.05, 4.69) is 35.9 Å². The number of unbranched alkanes of at least 4 members (excludes halogenated alkanes) is 1. The lowest BCUT2D eigenvalue weighted by Gasteiger charge is -2.06. The van der Waals surface area contributed by atoms with Gasteiger partial charge in [-0.15, -0.1) is 11.3 Å². The smallest absolute Gasteiger partial charge is 0.123 e. The summed E-state index contributed by atoms with van der Waals surface area (Å²) in [6.07, 6.45) is 5.19. The van der Waals surface area contributed by atoms with Crippen LogP contribution < -0.4 is 5.73 Å². The zero-order valence-electron chi connectivity index (χ0n) is 10.4. The monoisotopic (exact) mass is 249 g/mol. The van der Waals surface area contributed by atoms with Crippen molar-refractivity contribution in [1.82, 2.24) is 9.97 Å². The van der Waals surface area contributed by atoms with Crippen molar-refractivity contribution < 1.29 is 0 Å². The first-order valence-corrected chi connectivity index (χ1v) is 6.89. The fraction of sp³-hybridized carbons (Fsp3) is 0.462. The van der Waals surface area contributed by atoms with Crippen LogP contribution in [0, 0.1) is 6.92 Å². The second-order valence-corrected chi connectivity index (χ2v) is 5.63. The maximum absolute atomic E-state index is 6.09. The lowest BCUT2D eigenvalue weighted by Crippen LogP contribution is -2.11. The van der Waals surface area contributed by atoms with Crippen LogP contribution in [0.25, 0.3) is 10.6 Å². The number of hydrogen-bond donors (Lipinski definition) is 2. The third kappa shape index (κ3) is 2.96. The molecule has 17 heavy (non-hydrogen) atoms. The molecule has 4 heteroatoms. The van der Waals surface area contributed by atoms with Gasteiger partial charge in [0.15, 0.2) is 0 Å². The number of rotatable bonds is 5. The Morgan fingerprint density at radius 2 is 2.29 bits per heavy atom. The summed E-state index contributed by atoms with van der Waals surface area (Å²) in [5.74, 6) is 0.902. The Hall–Kier alpha value is -1.13. The molecule has 3 N–H and O–H groups in total. The lowest BCUT2D eigenvalue weighted by atomic mass is 10.1. The molecule has 0 aliphatic carbocycles. The van der Waals surface area contributed by atoms with E-state index in [0.717, 1.165) is 24.4 Å². The van der Waals surface area contributed by atoms with E-state index < -0.39 is 0 Å². The van der Waals surface area contributed by atoms with Gasteiger partial charge in [-0.1, -0.05) is 19.8 Å². The molecule has 3 nitrogen and oxygen atoms in total. The van der Waals surface area contributed by atoms with Crippen LogP contribution in [0.15, 0.2) is 18.3 Å². The molecule has 0 saturated carbocycles. The summed E-state index contributed by atoms with van der Waals surface area (Å²) in [5, 5.41) is 0. The second-order valence-electron chi connectivity index (χ2n) is 4.34. The van der Waals surface area contributed by atoms with Crippen molar-refractivity contribution in [2.24, 2.45) is 5.73 Å². The molecule has 0 aliphatic rings. The molecule has 1 atom stereocenters. The maximum atomic E-state index is 6.09. The highest BCUT2D eigenvalue weighted by molar-refractivity contribution is 7.15. The van der Waals surface area contributed by atoms with Gasteiger partial charge in [-0.05, 0) is 25.5 Å². The molecule has 0 fully saturated rings. The van der Waals surface area contributed by atoms with Crippen LogP contribution in [0.4, 0.5) is 0 Å². The molecule has 0 aliphatic heterocycles. The summed E-state index contributed by atoms with van der Waals surface area (Å²) >= 11 is 1.77. The zero-order valence-corrected chi connectivity index (χ0v) is 11.2. The molecule has 92 valence electrons. The van der Waals surface area contributed by atoms with Crippen molar-refractivity contribution in [3.63, 3.8) is 0 Å². The molecule has 2 heterocycles. The van der Waals surface area contributed by atoms with Gasteiger partial charge < -0.3 is 10.7 Å². The van der Waals surface area contributed by atoms with E-state index in [1.807, 2.05) is 6.20 Å². The summed E-state index contributed by atoms with van der Waals surface area (Å²) < 4.78 is 0. The normalized spacial score (nSPS) is 12.9. The number of hydrogen-bond acceptors (Lipinski definition) is 3. The molecule has 0 aromatic carbocycles. The van der Waals surface area contributed by atoms with E-state index in [4.69, 9.17) is 5.73 Å². The minimum Gasteiger partial charge on any atom is -0.340 e. The van der Waals surface area contributed by atoms with Gasteiger partial charge in [-0.2, -0.15) is 0 Å². The fourth-order valence-corrected chi connectivity index (χ4v) is 2.62. The number of H-pyrrole nitrogens is 1. The van der Waals surface area contributed by atoms with Crippen molar-refractivity contribution in [2.75, 3.05) is 0 Å². The Morgan fingerprint density at radius 1 is 1.47 bits per heavy atom. The summed E-state index contributed by atoms with van der Waals surface area (Å²) in [7, 11) is 0. The molecular weight excluding hydrogens is 230 g/mol. The number of nitrogens with zero attached hydrogens (tertiary/aromatic N) is 1. The van der Waals surface area contributed by atoms with Gasteiger partial charge in [0.1, 0.15) is 5.82 Å². The first-order valence-electron chi connectivity index (χ1n) is 6.08. The number of thiophene rings is 1. The minimum absolute atomic E-state index is 0.0322. The van der Waals surface area contributed by atoms with Crippen LogP contribution in [0.1, 0.15) is 42.9 Å². The number of imidazole rings is 1. The Bertz CT molecular complexity index is 472. The van der Waals surface area contributed by atoms with E-state index in [1.54, 1.807) is 11.3 Å². The SMILES string of the molecule is CCCCC(N)c1ncc(-c2ccc(C)s2)[nH]1. The van der Waals surface area contributed by atoms with E-state index in [9.17, 15) is 0 Å². The number of nitrogens with two attached hydrogens (primary N) is 1. The highest BCUT2D eigenvalue weighted by Gasteiger charge is 2.11. The first-order chi connectivity index (χ1) is 8.20. The van der Waals surface area contributed by atoms with Gasteiger partial charge in [0.05, 0.1) is 22.8 Å². The lowest BCUT2D eigenvalue weighted by molar-refractivity contribution is 0.580. The van der Waals surface area contributed by atoms with Crippen molar-refractivity contribution in [2.45, 2.75) is 39.2 Å². The van der Waals surface area contributed by atoms with E-state index in [-0.39, 0.29) is 6.04 Å². The summed E-state index contributed by atoms with van der Waals surface area (Å²) in [6.45, 7) is 4.28. The van der Waals surface area contributed by atoms with Gasteiger partial charge >= 0.3 is 0 Å². The number of aryl methyl sites for hydroxylation is 1. The Morgan fingerprint density at radius 3 is 2.94 bits per heavy atom. The molecule has 0 spiro atoms. The molecule has 1 unspecified atom stereocenters. The predicted molar refractivity (Wildman–Crippen MR) is 73.1 cm³/mol. The zero-order chi connectivity index (χ0) is 12.3. The van der Waals surface area contributed by atoms with E-state index in [0.29, 0.717) is 0 Å². The number of aromatic nitrogens is 2. The van der Waals surface area contributed by atoms with Crippen molar-refractivity contribution in [1.29, 1.82) is 0 Å². The molecule has 0 bridgehead atoms. The quantitative estimate of drug-likeness (QED) is 0.850. The van der Waals surface area contributed by atoms with Gasteiger partial charge in [0.25, 0.3) is 0 Å². The van der Waals surface area contributed by atoms with Gasteiger partial charge in [-0.25, -0.2) is 4.98 Å². The topological polar surface area (TPSA) is 54.7 Å². The molecule has 0 amide bonds. The molecule has 2 rings (SSSR count). The van der Waals surface area contributed by atoms with Crippen LogP contribution in [0.3, 0.4) is 0 Å². The highest BCUT2D eigenvalue weighted by atomic mass is 32.1. The Balaban J connectivity index is 2.10. The standard InChI is InChI=1S/C13H19N3S/c1-3-4-5-10(14)13-15-8-11(16-13)12-7-6-9(2)17-12/h6-8,10H,3-5,14H2,1-2H3,(H,15,16). The predicted octanol–water partition coefficient (Wildman–Crippen LogP) is 3.64. The fourth-order valence-electron chi connectivity index (χ4n) is 1.79. The van der Waals surface area contributed by atoms with Crippen LogP contribution in [0.5, 0.6) is 0 Å². The molecule has 2 aromatic heterocycles.